The molecule has 3 N–H and O–H groups in total. The SMILES string of the molecule is CCCN(C(=O)COC(=O)c1ccn(C)c(=O)c1)c1c(N)n(Cc2ccccc2)c(=O)[nH]c1=O. The van der Waals surface area contributed by atoms with E-state index in [0.29, 0.717) is 6.42 Å². The number of hydrogen-bond donors (Lipinski definition) is 2. The number of nitrogens with zero attached hydrogens (tertiary/aromatic N) is 3. The number of esters is 1. The molecule has 1 aromatic carbocycles. The van der Waals surface area contributed by atoms with Crippen LogP contribution in [0.15, 0.2) is 63.0 Å². The van der Waals surface area contributed by atoms with E-state index in [4.69, 9.17) is 10.5 Å². The van der Waals surface area contributed by atoms with Crippen LogP contribution in [-0.4, -0.2) is 39.1 Å². The molecule has 178 valence electrons. The molecule has 0 unspecified atom stereocenters. The highest BCUT2D eigenvalue weighted by molar-refractivity contribution is 5.98. The van der Waals surface area contributed by atoms with Crippen LogP contribution < -0.4 is 27.4 Å². The maximum absolute atomic E-state index is 12.9. The first-order chi connectivity index (χ1) is 16.2. The van der Waals surface area contributed by atoms with E-state index < -0.39 is 35.3 Å². The van der Waals surface area contributed by atoms with E-state index in [1.54, 1.807) is 31.2 Å². The van der Waals surface area contributed by atoms with Gasteiger partial charge in [-0.3, -0.25) is 23.9 Å². The van der Waals surface area contributed by atoms with Crippen molar-refractivity contribution in [1.82, 2.24) is 14.1 Å². The third-order valence-electron chi connectivity index (χ3n) is 5.08. The molecule has 1 amide bonds. The van der Waals surface area contributed by atoms with Gasteiger partial charge in [-0.25, -0.2) is 9.59 Å². The molecular formula is C23H25N5O6. The molecule has 0 spiro atoms. The van der Waals surface area contributed by atoms with Crippen LogP contribution in [0.5, 0.6) is 0 Å². The second-order valence-corrected chi connectivity index (χ2v) is 7.55. The molecule has 11 nitrogen and oxygen atoms in total. The van der Waals surface area contributed by atoms with Gasteiger partial charge in [0, 0.05) is 25.9 Å². The average Bonchev–Trinajstić information content (AvgIpc) is 2.81. The van der Waals surface area contributed by atoms with Crippen LogP contribution in [0.3, 0.4) is 0 Å². The number of anilines is 2. The van der Waals surface area contributed by atoms with Gasteiger partial charge in [0.1, 0.15) is 5.82 Å². The number of aromatic amines is 1. The Labute approximate surface area is 194 Å². The fraction of sp³-hybridized carbons (Fsp3) is 0.261. The Morgan fingerprint density at radius 2 is 1.82 bits per heavy atom. The minimum atomic E-state index is -0.863. The van der Waals surface area contributed by atoms with Gasteiger partial charge in [-0.1, -0.05) is 37.3 Å². The van der Waals surface area contributed by atoms with Gasteiger partial charge in [-0.15, -0.1) is 0 Å². The summed E-state index contributed by atoms with van der Waals surface area (Å²) in [6.45, 7) is 1.28. The Balaban J connectivity index is 1.88. The summed E-state index contributed by atoms with van der Waals surface area (Å²) in [7, 11) is 1.53. The number of ether oxygens (including phenoxy) is 1. The molecular weight excluding hydrogens is 442 g/mol. The van der Waals surface area contributed by atoms with Crippen molar-refractivity contribution < 1.29 is 14.3 Å². The second kappa shape index (κ2) is 10.5. The van der Waals surface area contributed by atoms with Crippen LogP contribution in [0, 0.1) is 0 Å². The summed E-state index contributed by atoms with van der Waals surface area (Å²) >= 11 is 0. The number of amides is 1. The van der Waals surface area contributed by atoms with E-state index >= 15 is 0 Å². The normalized spacial score (nSPS) is 10.6. The molecule has 3 rings (SSSR count). The molecule has 3 aromatic rings. The monoisotopic (exact) mass is 467 g/mol. The van der Waals surface area contributed by atoms with E-state index in [0.717, 1.165) is 21.1 Å². The fourth-order valence-corrected chi connectivity index (χ4v) is 3.31. The predicted octanol–water partition coefficient (Wildman–Crippen LogP) is 0.466. The minimum absolute atomic E-state index is 0.00767. The quantitative estimate of drug-likeness (QED) is 0.457. The maximum atomic E-state index is 12.9. The van der Waals surface area contributed by atoms with E-state index in [1.807, 2.05) is 6.07 Å². The van der Waals surface area contributed by atoms with Gasteiger partial charge in [-0.05, 0) is 18.1 Å². The number of benzene rings is 1. The maximum Gasteiger partial charge on any atom is 0.338 e. The van der Waals surface area contributed by atoms with E-state index in [-0.39, 0.29) is 30.2 Å². The number of pyridine rings is 1. The van der Waals surface area contributed by atoms with Gasteiger partial charge in [0.05, 0.1) is 12.1 Å². The van der Waals surface area contributed by atoms with Gasteiger partial charge >= 0.3 is 11.7 Å². The summed E-state index contributed by atoms with van der Waals surface area (Å²) in [5.74, 6) is -1.75. The van der Waals surface area contributed by atoms with Crippen molar-refractivity contribution in [2.75, 3.05) is 23.8 Å². The molecule has 0 aliphatic carbocycles. The smallest absolute Gasteiger partial charge is 0.338 e. The highest BCUT2D eigenvalue weighted by atomic mass is 16.5. The molecule has 0 aliphatic heterocycles. The number of carbonyl (C=O) groups excluding carboxylic acids is 2. The Bertz CT molecular complexity index is 1370. The van der Waals surface area contributed by atoms with E-state index in [2.05, 4.69) is 4.98 Å². The molecule has 0 saturated heterocycles. The zero-order valence-electron chi connectivity index (χ0n) is 18.8. The third-order valence-corrected chi connectivity index (χ3v) is 5.08. The number of H-pyrrole nitrogens is 1. The van der Waals surface area contributed by atoms with E-state index in [9.17, 15) is 24.0 Å². The number of nitrogen functional groups attached to an aromatic ring is 1. The molecule has 0 radical (unpaired) electrons. The predicted molar refractivity (Wildman–Crippen MR) is 126 cm³/mol. The Kier molecular flexibility index (Phi) is 7.46. The zero-order valence-corrected chi connectivity index (χ0v) is 18.8. The fourth-order valence-electron chi connectivity index (χ4n) is 3.31. The van der Waals surface area contributed by atoms with Crippen molar-refractivity contribution in [3.63, 3.8) is 0 Å². The van der Waals surface area contributed by atoms with Crippen molar-refractivity contribution in [3.05, 3.63) is 91.0 Å². The number of aryl methyl sites for hydroxylation is 1. The summed E-state index contributed by atoms with van der Waals surface area (Å²) in [5.41, 5.74) is 4.80. The largest absolute Gasteiger partial charge is 0.452 e. The number of aromatic nitrogens is 3. The molecule has 0 aliphatic rings. The standard InChI is InChI=1S/C23H25N5O6/c1-3-10-27(18(30)14-34-22(32)16-9-11-26(2)17(29)12-16)19-20(24)28(23(33)25-21(19)31)13-15-7-5-4-6-8-15/h4-9,11-12H,3,10,13-14,24H2,1-2H3,(H,25,31,33). The van der Waals surface area contributed by atoms with E-state index in [1.165, 1.54) is 23.9 Å². The molecule has 0 bridgehead atoms. The molecule has 34 heavy (non-hydrogen) atoms. The summed E-state index contributed by atoms with van der Waals surface area (Å²) in [6, 6.07) is 11.5. The first kappa shape index (κ1) is 24.2. The van der Waals surface area contributed by atoms with Gasteiger partial charge in [-0.2, -0.15) is 0 Å². The molecule has 2 heterocycles. The summed E-state index contributed by atoms with van der Waals surface area (Å²) in [4.78, 5) is 65.3. The first-order valence-corrected chi connectivity index (χ1v) is 10.5. The molecule has 0 saturated carbocycles. The van der Waals surface area contributed by atoms with Crippen molar-refractivity contribution >= 4 is 23.4 Å². The molecule has 11 heteroatoms. The lowest BCUT2D eigenvalue weighted by molar-refractivity contribution is -0.121. The molecule has 0 atom stereocenters. The van der Waals surface area contributed by atoms with Gasteiger partial charge < -0.3 is 19.9 Å². The first-order valence-electron chi connectivity index (χ1n) is 10.5. The number of rotatable bonds is 8. The Hall–Kier alpha value is -4.41. The van der Waals surface area contributed by atoms with Crippen LogP contribution in [0.25, 0.3) is 0 Å². The summed E-state index contributed by atoms with van der Waals surface area (Å²) in [6.07, 6.45) is 1.87. The van der Waals surface area contributed by atoms with Crippen molar-refractivity contribution in [1.29, 1.82) is 0 Å². The lowest BCUT2D eigenvalue weighted by Gasteiger charge is -2.24. The van der Waals surface area contributed by atoms with Crippen LogP contribution >= 0.6 is 0 Å². The lowest BCUT2D eigenvalue weighted by atomic mass is 10.2. The van der Waals surface area contributed by atoms with Gasteiger partial charge in [0.25, 0.3) is 17.0 Å². The Morgan fingerprint density at radius 3 is 2.47 bits per heavy atom. The number of nitrogens with one attached hydrogen (secondary N) is 1. The number of nitrogens with two attached hydrogens (primary N) is 1. The molecule has 0 fully saturated rings. The molecule has 2 aromatic heterocycles. The minimum Gasteiger partial charge on any atom is -0.452 e. The van der Waals surface area contributed by atoms with Gasteiger partial charge in [0.15, 0.2) is 12.3 Å². The third kappa shape index (κ3) is 5.31. The Morgan fingerprint density at radius 1 is 1.12 bits per heavy atom. The highest BCUT2D eigenvalue weighted by Crippen LogP contribution is 2.18. The highest BCUT2D eigenvalue weighted by Gasteiger charge is 2.25. The topological polar surface area (TPSA) is 149 Å². The average molecular weight is 467 g/mol. The zero-order chi connectivity index (χ0) is 24.8. The van der Waals surface area contributed by atoms with Crippen LogP contribution in [0.2, 0.25) is 0 Å². The van der Waals surface area contributed by atoms with Gasteiger partial charge in [0.2, 0.25) is 0 Å². The second-order valence-electron chi connectivity index (χ2n) is 7.55. The van der Waals surface area contributed by atoms with Crippen molar-refractivity contribution in [2.45, 2.75) is 19.9 Å². The number of carbonyl (C=O) groups is 2. The van der Waals surface area contributed by atoms with Crippen LogP contribution in [0.4, 0.5) is 11.5 Å². The van der Waals surface area contributed by atoms with Crippen LogP contribution in [0.1, 0.15) is 29.3 Å². The lowest BCUT2D eigenvalue weighted by Crippen LogP contribution is -2.43. The van der Waals surface area contributed by atoms with Crippen molar-refractivity contribution in [2.24, 2.45) is 7.05 Å². The van der Waals surface area contributed by atoms with Crippen LogP contribution in [-0.2, 0) is 23.1 Å². The van der Waals surface area contributed by atoms with Crippen molar-refractivity contribution in [3.8, 4) is 0 Å². The summed E-state index contributed by atoms with van der Waals surface area (Å²) < 4.78 is 7.51. The summed E-state index contributed by atoms with van der Waals surface area (Å²) in [5, 5.41) is 0. The number of hydrogen-bond acceptors (Lipinski definition) is 7.